The van der Waals surface area contributed by atoms with Crippen LogP contribution in [0, 0.1) is 17.8 Å². The Morgan fingerprint density at radius 3 is 2.06 bits per heavy atom. The van der Waals surface area contributed by atoms with Crippen LogP contribution in [0.2, 0.25) is 0 Å². The van der Waals surface area contributed by atoms with Crippen molar-refractivity contribution in [3.05, 3.63) is 53.6 Å². The number of rotatable bonds is 28. The smallest absolute Gasteiger partial charge is 0.415 e. The Bertz CT molecular complexity index is 3500. The number of nitrogens with zero attached hydrogens (tertiary/aromatic N) is 3. The second-order valence-electron chi connectivity index (χ2n) is 25.1. The van der Waals surface area contributed by atoms with Gasteiger partial charge in [0.05, 0.1) is 42.2 Å². The van der Waals surface area contributed by atoms with E-state index in [1.54, 1.807) is 71.9 Å². The fourth-order valence-corrected chi connectivity index (χ4v) is 11.5. The van der Waals surface area contributed by atoms with Crippen molar-refractivity contribution in [2.24, 2.45) is 40.7 Å². The number of aliphatic hydroxyl groups excluding tert-OH is 1. The van der Waals surface area contributed by atoms with E-state index in [9.17, 15) is 77.0 Å². The number of primary amides is 3. The van der Waals surface area contributed by atoms with Gasteiger partial charge in [0.25, 0.3) is 0 Å². The number of amides is 15. The van der Waals surface area contributed by atoms with Gasteiger partial charge in [0.1, 0.15) is 54.4 Å². The van der Waals surface area contributed by atoms with E-state index in [1.165, 1.54) is 36.0 Å². The minimum absolute atomic E-state index is 0.00320. The predicted octanol–water partition coefficient (Wildman–Crippen LogP) is -2.08. The molecule has 100 heavy (non-hydrogen) atoms. The maximum Gasteiger partial charge on any atom is 0.415 e. The summed E-state index contributed by atoms with van der Waals surface area (Å²) in [6.07, 6.45) is -3.36. The third kappa shape index (κ3) is 24.7. The number of ketones is 1. The SMILES string of the molecule is CC[C@H](C)[C@@H]1NC(=O)CNC(=O)[C@@H](N)Cc2c([nH]c3cc(OC(=O)N(C)CCN(C)C(=O)OCc4ccc(NC(=O)[C@H](CCCNC(N)=O)NC(=O)[C@@H](NC(=O)CCC(=O)C(C)C)C(C)C)cc4)ccc23)SC[C@@H](C(=O)N[C@@H](CC(N)=O)C(=O)N2C[C@H](O)C[C@H]2C(N)=O)NC(=O)CNC1=O. The fourth-order valence-electron chi connectivity index (χ4n) is 10.4. The number of hydrogen-bond donors (Lipinski definition) is 15. The van der Waals surface area contributed by atoms with Crippen LogP contribution >= 0.6 is 11.8 Å². The first-order chi connectivity index (χ1) is 47.1. The molecule has 1 fully saturated rings. The molecule has 548 valence electrons. The number of benzene rings is 2. The van der Waals surface area contributed by atoms with E-state index in [0.717, 1.165) is 16.7 Å². The van der Waals surface area contributed by atoms with Gasteiger partial charge in [-0.3, -0.25) is 57.5 Å². The number of nitrogens with two attached hydrogens (primary N) is 4. The number of nitrogens with one attached hydrogen (secondary N) is 10. The molecule has 0 unspecified atom stereocenters. The van der Waals surface area contributed by atoms with E-state index in [1.807, 2.05) is 0 Å². The number of aromatic amines is 1. The third-order valence-corrected chi connectivity index (χ3v) is 17.6. The van der Waals surface area contributed by atoms with Gasteiger partial charge in [0.2, 0.25) is 65.0 Å². The lowest BCUT2D eigenvalue weighted by Gasteiger charge is -2.28. The van der Waals surface area contributed by atoms with Crippen LogP contribution in [0.5, 0.6) is 5.75 Å². The van der Waals surface area contributed by atoms with Crippen LogP contribution < -0.4 is 75.5 Å². The van der Waals surface area contributed by atoms with Crippen molar-refractivity contribution < 1.29 is 86.5 Å². The van der Waals surface area contributed by atoms with Crippen LogP contribution in [0.3, 0.4) is 0 Å². The number of urea groups is 1. The van der Waals surface area contributed by atoms with Gasteiger partial charge in [-0.2, -0.15) is 0 Å². The first-order valence-electron chi connectivity index (χ1n) is 32.6. The van der Waals surface area contributed by atoms with E-state index in [2.05, 4.69) is 52.8 Å². The molecule has 2 aliphatic rings. The first kappa shape index (κ1) is 80.6. The van der Waals surface area contributed by atoms with Crippen molar-refractivity contribution in [1.82, 2.24) is 62.2 Å². The fraction of sp³-hybridized carbons (Fsp3) is 0.547. The molecule has 36 heteroatoms. The minimum atomic E-state index is -1.72. The molecular formula is C64H93N17O18S. The molecule has 15 amide bonds. The van der Waals surface area contributed by atoms with Crippen molar-refractivity contribution in [2.75, 3.05) is 64.4 Å². The Morgan fingerprint density at radius 2 is 1.44 bits per heavy atom. The maximum absolute atomic E-state index is 14.4. The normalized spacial score (nSPS) is 18.9. The number of thioether (sulfide) groups is 1. The van der Waals surface area contributed by atoms with Crippen LogP contribution in [-0.2, 0) is 75.3 Å². The molecule has 0 bridgehead atoms. The number of likely N-dealkylation sites (N-methyl/N-ethyl adjacent to an activating group) is 2. The van der Waals surface area contributed by atoms with Gasteiger partial charge in [-0.1, -0.05) is 60.1 Å². The number of H-pyrrole nitrogens is 1. The summed E-state index contributed by atoms with van der Waals surface area (Å²) >= 11 is 0.936. The molecule has 3 heterocycles. The Morgan fingerprint density at radius 1 is 0.790 bits per heavy atom. The Hall–Kier alpha value is -10.1. The Labute approximate surface area is 581 Å². The second kappa shape index (κ2) is 38.3. The molecule has 0 spiro atoms. The highest BCUT2D eigenvalue weighted by atomic mass is 32.2. The van der Waals surface area contributed by atoms with Crippen molar-refractivity contribution in [1.29, 1.82) is 0 Å². The van der Waals surface area contributed by atoms with Gasteiger partial charge in [0.15, 0.2) is 0 Å². The van der Waals surface area contributed by atoms with Crippen LogP contribution in [0.15, 0.2) is 47.5 Å². The summed E-state index contributed by atoms with van der Waals surface area (Å²) in [6, 6.07) is 0.732. The summed E-state index contributed by atoms with van der Waals surface area (Å²) in [5, 5.41) is 34.1. The zero-order valence-corrected chi connectivity index (χ0v) is 58.0. The number of aliphatic hydroxyl groups is 1. The van der Waals surface area contributed by atoms with Crippen LogP contribution in [0.1, 0.15) is 97.6 Å². The molecule has 2 aliphatic heterocycles. The predicted molar refractivity (Wildman–Crippen MR) is 362 cm³/mol. The number of ether oxygens (including phenoxy) is 2. The largest absolute Gasteiger partial charge is 0.445 e. The number of fused-ring (bicyclic) bond motifs is 3. The second-order valence-corrected chi connectivity index (χ2v) is 26.2. The number of carbonyl (C=O) groups is 15. The molecule has 0 radical (unpaired) electrons. The number of Topliss-reactive ketones (excluding diaryl/α,β-unsaturated/α-hetero) is 1. The van der Waals surface area contributed by atoms with Crippen LogP contribution in [0.25, 0.3) is 10.9 Å². The van der Waals surface area contributed by atoms with Crippen molar-refractivity contribution in [3.8, 4) is 5.75 Å². The van der Waals surface area contributed by atoms with Gasteiger partial charge in [-0.05, 0) is 66.5 Å². The molecule has 0 aliphatic carbocycles. The number of hydrogen-bond acceptors (Lipinski definition) is 20. The zero-order chi connectivity index (χ0) is 74.2. The molecule has 35 nitrogen and oxygen atoms in total. The summed E-state index contributed by atoms with van der Waals surface area (Å²) in [5.74, 6) is -10.5. The minimum Gasteiger partial charge on any atom is -0.445 e. The lowest BCUT2D eigenvalue weighted by atomic mass is 9.98. The maximum atomic E-state index is 14.4. The van der Waals surface area contributed by atoms with E-state index in [4.69, 9.17) is 32.4 Å². The average Bonchev–Trinajstić information content (AvgIpc) is 1.65. The molecule has 3 aromatic rings. The van der Waals surface area contributed by atoms with Crippen molar-refractivity contribution >= 4 is 117 Å². The number of aromatic nitrogens is 1. The van der Waals surface area contributed by atoms with Crippen LogP contribution in [-0.4, -0.2) is 221 Å². The van der Waals surface area contributed by atoms with Crippen molar-refractivity contribution in [2.45, 2.75) is 153 Å². The topological polar surface area (TPSA) is 533 Å². The molecule has 19 N–H and O–H groups in total. The summed E-state index contributed by atoms with van der Waals surface area (Å²) in [6.45, 7) is 8.50. The summed E-state index contributed by atoms with van der Waals surface area (Å²) in [7, 11) is 2.87. The monoisotopic (exact) mass is 1420 g/mol. The Balaban J connectivity index is 1.26. The summed E-state index contributed by atoms with van der Waals surface area (Å²) in [4.78, 5) is 203. The first-order valence-corrected chi connectivity index (χ1v) is 33.5. The number of β-amino-alcohol motifs (C(OH)–C–C–N with tert-alkyl or cyclic N) is 1. The highest BCUT2D eigenvalue weighted by Crippen LogP contribution is 2.34. The summed E-state index contributed by atoms with van der Waals surface area (Å²) < 4.78 is 11.2. The van der Waals surface area contributed by atoms with E-state index >= 15 is 0 Å². The van der Waals surface area contributed by atoms with Crippen LogP contribution in [0.4, 0.5) is 20.1 Å². The molecule has 1 aromatic heterocycles. The third-order valence-electron chi connectivity index (χ3n) is 16.5. The number of anilines is 1. The quantitative estimate of drug-likeness (QED) is 0.0347. The summed E-state index contributed by atoms with van der Waals surface area (Å²) in [5.41, 5.74) is 24.3. The molecule has 1 saturated heterocycles. The molecule has 0 saturated carbocycles. The van der Waals surface area contributed by atoms with E-state index in [0.29, 0.717) is 34.1 Å². The number of carbonyl (C=O) groups excluding carboxylic acids is 15. The zero-order valence-electron chi connectivity index (χ0n) is 57.2. The van der Waals surface area contributed by atoms with Gasteiger partial charge in [-0.15, -0.1) is 11.8 Å². The molecular weight excluding hydrogens is 1330 g/mol. The highest BCUT2D eigenvalue weighted by Gasteiger charge is 2.42. The van der Waals surface area contributed by atoms with Gasteiger partial charge >= 0.3 is 18.2 Å². The lowest BCUT2D eigenvalue weighted by Crippen LogP contribution is -2.58. The lowest BCUT2D eigenvalue weighted by molar-refractivity contribution is -0.142. The molecule has 9 atom stereocenters. The van der Waals surface area contributed by atoms with Gasteiger partial charge in [0, 0.05) is 88.3 Å². The highest BCUT2D eigenvalue weighted by molar-refractivity contribution is 7.99. The molecule has 2 aromatic carbocycles. The van der Waals surface area contributed by atoms with E-state index in [-0.39, 0.29) is 99.5 Å². The Kier molecular flexibility index (Phi) is 30.9. The standard InChI is InChI=1S/C64H93N17O18S/c1-9-34(6)53-58(92)71-27-50(86)73-45(57(91)75-44(26-48(66)84)61(94)81-29-37(82)23-46(81)54(67)88)31-100-60-40(25-41(65)55(89)70-28-51(87)78-53)39-17-16-38(24-43(39)76-60)99-64(97)80(8)22-21-79(7)63(96)98-30-35-12-14-36(15-13-35)72-56(90)42(11-10-20-69-62(68)95)74-59(93)52(33(4)5)77-49(85)19-18-47(83)32(2)3/h12-17,24,32-34,37,41-42,44-46,52-53,76,82H,9-11,18-23,25-31,65H2,1-8H3,(H2,66,84)(H2,67,88)(H,70,89)(H,71,92)(H,72,90)(H,73,86)(H,74,93)(H,75,91)(H,77,85)(H,78,87)(H3,68,69,95)/t34-,37+,41-,42-,44-,45-,46-,52-,53-/m0/s1. The van der Waals surface area contributed by atoms with Gasteiger partial charge in [-0.25, -0.2) is 14.4 Å². The number of likely N-dealkylation sites (tertiary alicyclic amines) is 1. The molecule has 5 rings (SSSR count). The average molecular weight is 1420 g/mol. The van der Waals surface area contributed by atoms with E-state index < -0.39 is 163 Å². The van der Waals surface area contributed by atoms with Gasteiger partial charge < -0.3 is 105 Å². The van der Waals surface area contributed by atoms with Crippen molar-refractivity contribution in [3.63, 3.8) is 0 Å².